The van der Waals surface area contributed by atoms with Crippen molar-refractivity contribution in [2.24, 2.45) is 28.6 Å². The molecule has 1 heterocycles. The fraction of sp³-hybridized carbons (Fsp3) is 0.688. The van der Waals surface area contributed by atoms with Gasteiger partial charge in [0.2, 0.25) is 5.91 Å². The SMILES string of the molecule is C[C@]12CC[C@H]3[C@@H](CCC4=CC(=O)NCC[C@@]43C)[C@@H]1CC[C@@H]2OC(=O)CCOc1ccc(N(CCCl)CCCl)cc1. The first-order valence-corrected chi connectivity index (χ1v) is 16.1. The van der Waals surface area contributed by atoms with Crippen molar-refractivity contribution in [2.75, 3.05) is 42.9 Å². The zero-order valence-electron chi connectivity index (χ0n) is 23.9. The number of nitrogens with zero attached hydrogens (tertiary/aromatic N) is 1. The van der Waals surface area contributed by atoms with Crippen LogP contribution in [0.1, 0.15) is 65.2 Å². The molecule has 3 aliphatic carbocycles. The van der Waals surface area contributed by atoms with Crippen molar-refractivity contribution in [3.8, 4) is 5.75 Å². The molecule has 3 fully saturated rings. The van der Waals surface area contributed by atoms with Crippen LogP contribution in [0.2, 0.25) is 0 Å². The van der Waals surface area contributed by atoms with Gasteiger partial charge in [-0.3, -0.25) is 9.59 Å². The van der Waals surface area contributed by atoms with Gasteiger partial charge in [0, 0.05) is 48.6 Å². The van der Waals surface area contributed by atoms with Gasteiger partial charge in [-0.1, -0.05) is 19.4 Å². The van der Waals surface area contributed by atoms with Crippen molar-refractivity contribution < 1.29 is 19.1 Å². The summed E-state index contributed by atoms with van der Waals surface area (Å²) in [6.45, 7) is 7.28. The molecule has 6 atom stereocenters. The minimum absolute atomic E-state index is 0.0257. The number of carbonyl (C=O) groups is 2. The van der Waals surface area contributed by atoms with E-state index in [1.807, 2.05) is 30.3 Å². The van der Waals surface area contributed by atoms with E-state index < -0.39 is 0 Å². The Morgan fingerprint density at radius 3 is 2.50 bits per heavy atom. The number of allylic oxidation sites excluding steroid dienone is 1. The smallest absolute Gasteiger partial charge is 0.309 e. The van der Waals surface area contributed by atoms with E-state index >= 15 is 0 Å². The minimum atomic E-state index is -0.171. The monoisotopic (exact) mass is 590 g/mol. The number of hydrogen-bond acceptors (Lipinski definition) is 5. The van der Waals surface area contributed by atoms with Crippen LogP contribution in [0.3, 0.4) is 0 Å². The van der Waals surface area contributed by atoms with E-state index in [2.05, 4.69) is 24.1 Å². The van der Waals surface area contributed by atoms with Crippen molar-refractivity contribution >= 4 is 40.8 Å². The first-order valence-electron chi connectivity index (χ1n) is 15.1. The number of anilines is 1. The van der Waals surface area contributed by atoms with Gasteiger partial charge in [-0.25, -0.2) is 0 Å². The lowest BCUT2D eigenvalue weighted by atomic mass is 9.48. The Labute approximate surface area is 249 Å². The van der Waals surface area contributed by atoms with Gasteiger partial charge in [0.05, 0.1) is 13.0 Å². The Kier molecular flexibility index (Phi) is 9.26. The molecule has 0 bridgehead atoms. The maximum atomic E-state index is 12.9. The van der Waals surface area contributed by atoms with E-state index in [9.17, 15) is 9.59 Å². The fourth-order valence-electron chi connectivity index (χ4n) is 8.51. The van der Waals surface area contributed by atoms with Gasteiger partial charge in [0.1, 0.15) is 11.9 Å². The highest BCUT2D eigenvalue weighted by atomic mass is 35.5. The number of hydrogen-bond donors (Lipinski definition) is 1. The summed E-state index contributed by atoms with van der Waals surface area (Å²) >= 11 is 11.8. The van der Waals surface area contributed by atoms with Crippen molar-refractivity contribution in [3.05, 3.63) is 35.9 Å². The fourth-order valence-corrected chi connectivity index (χ4v) is 8.92. The number of ether oxygens (including phenoxy) is 2. The third-order valence-corrected chi connectivity index (χ3v) is 11.0. The van der Waals surface area contributed by atoms with Crippen LogP contribution in [0.25, 0.3) is 0 Å². The molecule has 0 radical (unpaired) electrons. The highest BCUT2D eigenvalue weighted by Crippen LogP contribution is 2.65. The molecule has 0 unspecified atom stereocenters. The second kappa shape index (κ2) is 12.5. The molecule has 1 amide bonds. The minimum Gasteiger partial charge on any atom is -0.493 e. The molecule has 1 aromatic carbocycles. The average Bonchev–Trinajstić information content (AvgIpc) is 3.17. The first-order chi connectivity index (χ1) is 19.3. The topological polar surface area (TPSA) is 67.9 Å². The van der Waals surface area contributed by atoms with Gasteiger partial charge in [-0.15, -0.1) is 23.2 Å². The second-order valence-corrected chi connectivity index (χ2v) is 13.4. The molecule has 1 N–H and O–H groups in total. The Balaban J connectivity index is 1.14. The van der Waals surface area contributed by atoms with Crippen LogP contribution in [0.4, 0.5) is 5.69 Å². The maximum Gasteiger partial charge on any atom is 0.309 e. The third-order valence-electron chi connectivity index (χ3n) is 10.7. The predicted octanol–water partition coefficient (Wildman–Crippen LogP) is 6.34. The quantitative estimate of drug-likeness (QED) is 0.254. The van der Waals surface area contributed by atoms with Crippen molar-refractivity contribution in [3.63, 3.8) is 0 Å². The maximum absolute atomic E-state index is 12.9. The van der Waals surface area contributed by atoms with E-state index in [0.717, 1.165) is 76.0 Å². The van der Waals surface area contributed by atoms with Gasteiger partial charge in [0.25, 0.3) is 0 Å². The number of fused-ring (bicyclic) bond motifs is 5. The molecule has 1 aliphatic heterocycles. The van der Waals surface area contributed by atoms with Crippen LogP contribution in [0.15, 0.2) is 35.9 Å². The van der Waals surface area contributed by atoms with Crippen LogP contribution in [0.5, 0.6) is 5.75 Å². The van der Waals surface area contributed by atoms with Gasteiger partial charge in [-0.2, -0.15) is 0 Å². The lowest BCUT2D eigenvalue weighted by Gasteiger charge is -2.56. The molecule has 0 saturated heterocycles. The third kappa shape index (κ3) is 5.86. The number of rotatable bonds is 10. The molecule has 6 nitrogen and oxygen atoms in total. The molecule has 1 aromatic rings. The Morgan fingerprint density at radius 1 is 1.02 bits per heavy atom. The molecule has 40 heavy (non-hydrogen) atoms. The molecule has 5 rings (SSSR count). The predicted molar refractivity (Wildman–Crippen MR) is 160 cm³/mol. The Morgan fingerprint density at radius 2 is 1.77 bits per heavy atom. The zero-order chi connectivity index (χ0) is 28.3. The average molecular weight is 592 g/mol. The van der Waals surface area contributed by atoms with Crippen LogP contribution in [0, 0.1) is 28.6 Å². The number of carbonyl (C=O) groups excluding carboxylic acids is 2. The highest BCUT2D eigenvalue weighted by Gasteiger charge is 2.59. The standard InChI is InChI=1S/C32H44Cl2N2O4/c1-31-14-17-35-29(37)21-22(31)3-8-25-26-9-10-28(32(26,2)13-11-27(25)31)40-30(38)12-20-39-24-6-4-23(5-7-24)36(18-15-33)19-16-34/h4-7,21,25-28H,3,8-20H2,1-2H3,(H,35,37)/t25-,26-,27-,28-,31-,32-/m0/s1. The summed E-state index contributed by atoms with van der Waals surface area (Å²) in [4.78, 5) is 27.2. The van der Waals surface area contributed by atoms with Gasteiger partial charge >= 0.3 is 5.97 Å². The normalized spacial score (nSPS) is 33.0. The number of amides is 1. The summed E-state index contributed by atoms with van der Waals surface area (Å²) in [5.74, 6) is 3.51. The molecular formula is C32H44Cl2N2O4. The largest absolute Gasteiger partial charge is 0.493 e. The van der Waals surface area contributed by atoms with Crippen LogP contribution in [-0.4, -0.2) is 56.0 Å². The number of esters is 1. The molecule has 3 saturated carbocycles. The lowest BCUT2D eigenvalue weighted by Crippen LogP contribution is -2.51. The second-order valence-electron chi connectivity index (χ2n) is 12.6. The van der Waals surface area contributed by atoms with Crippen LogP contribution >= 0.6 is 23.2 Å². The van der Waals surface area contributed by atoms with E-state index in [1.54, 1.807) is 0 Å². The summed E-state index contributed by atoms with van der Waals surface area (Å²) in [6.07, 6.45) is 9.56. The van der Waals surface area contributed by atoms with E-state index in [4.69, 9.17) is 32.7 Å². The van der Waals surface area contributed by atoms with Crippen LogP contribution < -0.4 is 15.0 Å². The van der Waals surface area contributed by atoms with Crippen molar-refractivity contribution in [1.29, 1.82) is 0 Å². The summed E-state index contributed by atoms with van der Waals surface area (Å²) in [5.41, 5.74) is 2.53. The van der Waals surface area contributed by atoms with Gasteiger partial charge in [-0.05, 0) is 92.4 Å². The molecule has 0 spiro atoms. The summed E-state index contributed by atoms with van der Waals surface area (Å²) < 4.78 is 12.0. The summed E-state index contributed by atoms with van der Waals surface area (Å²) in [5, 5.41) is 3.05. The summed E-state index contributed by atoms with van der Waals surface area (Å²) in [7, 11) is 0. The van der Waals surface area contributed by atoms with Gasteiger partial charge in [0.15, 0.2) is 0 Å². The Bertz CT molecular complexity index is 1090. The van der Waals surface area contributed by atoms with Crippen molar-refractivity contribution in [1.82, 2.24) is 5.32 Å². The van der Waals surface area contributed by atoms with E-state index in [0.29, 0.717) is 36.1 Å². The van der Waals surface area contributed by atoms with E-state index in [-0.39, 0.29) is 35.2 Å². The highest BCUT2D eigenvalue weighted by molar-refractivity contribution is 6.18. The molecular weight excluding hydrogens is 547 g/mol. The molecule has 0 aromatic heterocycles. The molecule has 8 heteroatoms. The molecule has 220 valence electrons. The van der Waals surface area contributed by atoms with Crippen LogP contribution in [-0.2, 0) is 14.3 Å². The summed E-state index contributed by atoms with van der Waals surface area (Å²) in [6, 6.07) is 7.83. The number of alkyl halides is 2. The zero-order valence-corrected chi connectivity index (χ0v) is 25.4. The van der Waals surface area contributed by atoms with Crippen molar-refractivity contribution in [2.45, 2.75) is 71.3 Å². The lowest BCUT2D eigenvalue weighted by molar-refractivity contribution is -0.160. The van der Waals surface area contributed by atoms with Gasteiger partial charge < -0.3 is 19.7 Å². The number of benzene rings is 1. The Hall–Kier alpha value is -1.92. The number of halogens is 2. The van der Waals surface area contributed by atoms with E-state index in [1.165, 1.54) is 5.57 Å². The molecule has 4 aliphatic rings. The number of nitrogens with one attached hydrogen (secondary N) is 1. The first kappa shape index (κ1) is 29.6.